The molecule has 0 atom stereocenters. The van der Waals surface area contributed by atoms with E-state index in [-0.39, 0.29) is 0 Å². The molecule has 3 aliphatic rings. The van der Waals surface area contributed by atoms with Gasteiger partial charge in [0.15, 0.2) is 0 Å². The van der Waals surface area contributed by atoms with Crippen molar-refractivity contribution in [1.82, 2.24) is 5.32 Å². The van der Waals surface area contributed by atoms with E-state index in [4.69, 9.17) is 0 Å². The molecule has 1 saturated heterocycles. The van der Waals surface area contributed by atoms with E-state index < -0.39 is 0 Å². The predicted octanol–water partition coefficient (Wildman–Crippen LogP) is 3.19. The Kier molecular flexibility index (Phi) is 4.80. The summed E-state index contributed by atoms with van der Waals surface area (Å²) < 4.78 is 0. The van der Waals surface area contributed by atoms with Gasteiger partial charge in [0.05, 0.1) is 0 Å². The summed E-state index contributed by atoms with van der Waals surface area (Å²) in [6, 6.07) is 13.4. The summed E-state index contributed by atoms with van der Waals surface area (Å²) in [5.41, 5.74) is 3.17. The lowest BCUT2D eigenvalue weighted by Crippen LogP contribution is -2.21. The van der Waals surface area contributed by atoms with E-state index in [0.29, 0.717) is 0 Å². The van der Waals surface area contributed by atoms with Crippen molar-refractivity contribution in [2.45, 2.75) is 44.9 Å². The van der Waals surface area contributed by atoms with Crippen LogP contribution in [0.15, 0.2) is 36.4 Å². The Bertz CT molecular complexity index is 908. The molecule has 0 radical (unpaired) electrons. The fourth-order valence-electron chi connectivity index (χ4n) is 4.15. The van der Waals surface area contributed by atoms with Gasteiger partial charge in [-0.2, -0.15) is 0 Å². The van der Waals surface area contributed by atoms with Crippen molar-refractivity contribution in [3.8, 4) is 0 Å². The van der Waals surface area contributed by atoms with Crippen LogP contribution in [-0.4, -0.2) is 13.1 Å². The first-order valence-electron chi connectivity index (χ1n) is 9.55. The van der Waals surface area contributed by atoms with E-state index in [2.05, 4.69) is 53.9 Å². The Balaban J connectivity index is 0.000000207. The van der Waals surface area contributed by atoms with E-state index >= 15 is 0 Å². The minimum Gasteiger partial charge on any atom is -0.317 e. The van der Waals surface area contributed by atoms with Gasteiger partial charge in [0.1, 0.15) is 0 Å². The van der Waals surface area contributed by atoms with Crippen molar-refractivity contribution in [2.75, 3.05) is 13.1 Å². The third kappa shape index (κ3) is 3.18. The second kappa shape index (κ2) is 7.36. The topological polar surface area (TPSA) is 12.0 Å². The third-order valence-corrected chi connectivity index (χ3v) is 5.45. The molecule has 0 saturated carbocycles. The van der Waals surface area contributed by atoms with Crippen LogP contribution in [0.2, 0.25) is 0 Å². The maximum atomic E-state index is 3.28. The molecule has 1 heteroatoms. The van der Waals surface area contributed by atoms with E-state index in [0.717, 1.165) is 6.42 Å². The zero-order chi connectivity index (χ0) is 16.2. The van der Waals surface area contributed by atoms with Crippen LogP contribution in [0.25, 0.3) is 12.2 Å². The summed E-state index contributed by atoms with van der Waals surface area (Å²) in [5.74, 6) is 0. The molecular weight excluding hydrogens is 290 g/mol. The van der Waals surface area contributed by atoms with Gasteiger partial charge < -0.3 is 5.32 Å². The lowest BCUT2D eigenvalue weighted by Gasteiger charge is -2.16. The van der Waals surface area contributed by atoms with Gasteiger partial charge in [-0.25, -0.2) is 0 Å². The van der Waals surface area contributed by atoms with Gasteiger partial charge in [0.25, 0.3) is 0 Å². The highest BCUT2D eigenvalue weighted by Gasteiger charge is 2.10. The quantitative estimate of drug-likeness (QED) is 0.787. The molecule has 5 rings (SSSR count). The first kappa shape index (κ1) is 15.7. The molecule has 2 aromatic carbocycles. The summed E-state index contributed by atoms with van der Waals surface area (Å²) in [5, 5.41) is 9.03. The molecule has 1 N–H and O–H groups in total. The van der Waals surface area contributed by atoms with E-state index in [9.17, 15) is 0 Å². The van der Waals surface area contributed by atoms with Gasteiger partial charge in [-0.05, 0) is 83.6 Å². The van der Waals surface area contributed by atoms with E-state index in [1.807, 2.05) is 0 Å². The predicted molar refractivity (Wildman–Crippen MR) is 102 cm³/mol. The van der Waals surface area contributed by atoms with Crippen molar-refractivity contribution in [2.24, 2.45) is 0 Å². The highest BCUT2D eigenvalue weighted by molar-refractivity contribution is 5.47. The lowest BCUT2D eigenvalue weighted by molar-refractivity contribution is 0.520. The average molecular weight is 317 g/mol. The second-order valence-corrected chi connectivity index (χ2v) is 7.06. The Morgan fingerprint density at radius 3 is 2.33 bits per heavy atom. The Labute approximate surface area is 144 Å². The van der Waals surface area contributed by atoms with Crippen molar-refractivity contribution in [3.63, 3.8) is 0 Å². The summed E-state index contributed by atoms with van der Waals surface area (Å²) in [6.07, 6.45) is 13.9. The van der Waals surface area contributed by atoms with Crippen LogP contribution in [0.3, 0.4) is 0 Å². The average Bonchev–Trinajstić information content (AvgIpc) is 2.69. The number of rotatable bonds is 0. The van der Waals surface area contributed by atoms with E-state index in [1.54, 1.807) is 11.1 Å². The maximum Gasteiger partial charge on any atom is -0.00489 e. The zero-order valence-corrected chi connectivity index (χ0v) is 14.5. The lowest BCUT2D eigenvalue weighted by atomic mass is 9.89. The van der Waals surface area contributed by atoms with Gasteiger partial charge in [0, 0.05) is 0 Å². The third-order valence-electron chi connectivity index (χ3n) is 5.45. The van der Waals surface area contributed by atoms with Crippen LogP contribution in [0.4, 0.5) is 0 Å². The number of hydrogen-bond acceptors (Lipinski definition) is 1. The molecule has 2 aromatic rings. The zero-order valence-electron chi connectivity index (χ0n) is 14.5. The largest absolute Gasteiger partial charge is 0.317 e. The van der Waals surface area contributed by atoms with Gasteiger partial charge in [-0.15, -0.1) is 0 Å². The smallest absolute Gasteiger partial charge is 0.00489 e. The molecular formula is C23H27N. The summed E-state index contributed by atoms with van der Waals surface area (Å²) in [6.45, 7) is 2.50. The molecule has 0 spiro atoms. The molecule has 124 valence electrons. The first-order valence-corrected chi connectivity index (χ1v) is 9.55. The minimum atomic E-state index is 1.10. The molecule has 1 heterocycles. The number of benzene rings is 2. The van der Waals surface area contributed by atoms with Crippen molar-refractivity contribution >= 4 is 12.2 Å². The van der Waals surface area contributed by atoms with Crippen LogP contribution in [0.5, 0.6) is 0 Å². The van der Waals surface area contributed by atoms with Gasteiger partial charge in [-0.3, -0.25) is 0 Å². The molecule has 2 aliphatic carbocycles. The molecule has 1 aliphatic heterocycles. The van der Waals surface area contributed by atoms with Crippen LogP contribution < -0.4 is 15.8 Å². The van der Waals surface area contributed by atoms with Gasteiger partial charge in [0.2, 0.25) is 0 Å². The Morgan fingerprint density at radius 2 is 1.54 bits per heavy atom. The van der Waals surface area contributed by atoms with Crippen molar-refractivity contribution in [1.29, 1.82) is 0 Å². The first-order chi connectivity index (χ1) is 11.9. The molecule has 24 heavy (non-hydrogen) atoms. The minimum absolute atomic E-state index is 1.10. The number of nitrogens with one attached hydrogen (secondary N) is 1. The summed E-state index contributed by atoms with van der Waals surface area (Å²) in [4.78, 5) is 0. The molecule has 1 fully saturated rings. The molecule has 0 bridgehead atoms. The summed E-state index contributed by atoms with van der Waals surface area (Å²) in [7, 11) is 0. The highest BCUT2D eigenvalue weighted by atomic mass is 14.9. The SMILES string of the molecule is C1=c2ccc3c(c2CCC1)CC=c1ccccc1=3.C1CCNCC1. The molecule has 0 amide bonds. The van der Waals surface area contributed by atoms with Crippen molar-refractivity contribution < 1.29 is 0 Å². The fourth-order valence-corrected chi connectivity index (χ4v) is 4.15. The fraction of sp³-hybridized carbons (Fsp3) is 0.391. The maximum absolute atomic E-state index is 3.28. The van der Waals surface area contributed by atoms with Crippen LogP contribution in [-0.2, 0) is 12.8 Å². The van der Waals surface area contributed by atoms with Crippen molar-refractivity contribution in [3.05, 3.63) is 68.4 Å². The normalized spacial score (nSPS) is 17.8. The number of hydrogen-bond donors (Lipinski definition) is 1. The Morgan fingerprint density at radius 1 is 0.667 bits per heavy atom. The Hall–Kier alpha value is -1.86. The van der Waals surface area contributed by atoms with Crippen LogP contribution >= 0.6 is 0 Å². The molecule has 0 aromatic heterocycles. The number of fused-ring (bicyclic) bond motifs is 4. The molecule has 0 unspecified atom stereocenters. The van der Waals surface area contributed by atoms with Crippen LogP contribution in [0.1, 0.15) is 43.2 Å². The number of piperidine rings is 1. The standard InChI is InChI=1S/C18H16.C5H11N/c1-3-7-15-13(5-1)9-11-18-16-8-4-2-6-14(16)10-12-17(15)18;1-2-4-6-5-3-1/h1,3,5-7,9-10,12H,2,4,8,11H2;6H,1-5H2. The monoisotopic (exact) mass is 317 g/mol. The molecule has 1 nitrogen and oxygen atoms in total. The van der Waals surface area contributed by atoms with Gasteiger partial charge >= 0.3 is 0 Å². The second-order valence-electron chi connectivity index (χ2n) is 7.06. The van der Waals surface area contributed by atoms with Crippen LogP contribution in [0, 0.1) is 10.4 Å². The highest BCUT2D eigenvalue weighted by Crippen LogP contribution is 2.17. The van der Waals surface area contributed by atoms with Gasteiger partial charge in [-0.1, -0.05) is 55.0 Å². The van der Waals surface area contributed by atoms with E-state index in [1.165, 1.54) is 72.5 Å². The summed E-state index contributed by atoms with van der Waals surface area (Å²) >= 11 is 0.